The number of benzene rings is 3. The van der Waals surface area contributed by atoms with E-state index in [9.17, 15) is 20.1 Å². The lowest BCUT2D eigenvalue weighted by atomic mass is 10.1. The lowest BCUT2D eigenvalue weighted by Gasteiger charge is -2.11. The first-order valence-corrected chi connectivity index (χ1v) is 12.2. The van der Waals surface area contributed by atoms with Crippen molar-refractivity contribution >= 4 is 24.0 Å². The molecular formula is C31H27N3O6. The molecule has 0 aliphatic heterocycles. The van der Waals surface area contributed by atoms with Crippen LogP contribution < -0.4 is 24.3 Å². The van der Waals surface area contributed by atoms with Crippen LogP contribution in [0.5, 0.6) is 23.0 Å². The number of amides is 1. The van der Waals surface area contributed by atoms with Gasteiger partial charge in [-0.05, 0) is 60.0 Å². The van der Waals surface area contributed by atoms with Crippen LogP contribution in [0.25, 0.3) is 12.2 Å². The van der Waals surface area contributed by atoms with Gasteiger partial charge >= 0.3 is 5.97 Å². The van der Waals surface area contributed by atoms with Gasteiger partial charge in [0.25, 0.3) is 5.91 Å². The van der Waals surface area contributed by atoms with Gasteiger partial charge < -0.3 is 24.3 Å². The molecule has 202 valence electrons. The van der Waals surface area contributed by atoms with E-state index in [-0.39, 0.29) is 29.2 Å². The van der Waals surface area contributed by atoms with Crippen LogP contribution in [0, 0.1) is 22.7 Å². The van der Waals surface area contributed by atoms with Crippen molar-refractivity contribution in [3.63, 3.8) is 0 Å². The molecule has 3 aromatic rings. The summed E-state index contributed by atoms with van der Waals surface area (Å²) >= 11 is 0. The molecule has 0 bridgehead atoms. The zero-order chi connectivity index (χ0) is 28.9. The number of nitrogens with one attached hydrogen (secondary N) is 1. The van der Waals surface area contributed by atoms with E-state index in [1.807, 2.05) is 49.4 Å². The number of rotatable bonds is 11. The molecule has 9 heteroatoms. The molecule has 1 amide bonds. The van der Waals surface area contributed by atoms with E-state index < -0.39 is 11.9 Å². The summed E-state index contributed by atoms with van der Waals surface area (Å²) in [6, 6.07) is 22.6. The van der Waals surface area contributed by atoms with E-state index in [4.69, 9.17) is 18.9 Å². The number of ether oxygens (including phenoxy) is 4. The maximum atomic E-state index is 12.8. The summed E-state index contributed by atoms with van der Waals surface area (Å²) in [5.74, 6) is -0.205. The maximum absolute atomic E-state index is 12.8. The Hall–Kier alpha value is -5.54. The average Bonchev–Trinajstić information content (AvgIpc) is 2.99. The number of esters is 1. The summed E-state index contributed by atoms with van der Waals surface area (Å²) in [6.07, 6.45) is 2.77. The van der Waals surface area contributed by atoms with Gasteiger partial charge in [0.1, 0.15) is 23.3 Å². The molecule has 40 heavy (non-hydrogen) atoms. The summed E-state index contributed by atoms with van der Waals surface area (Å²) in [4.78, 5) is 25.3. The van der Waals surface area contributed by atoms with Gasteiger partial charge in [-0.2, -0.15) is 10.5 Å². The second-order valence-corrected chi connectivity index (χ2v) is 8.15. The lowest BCUT2D eigenvalue weighted by Crippen LogP contribution is -2.23. The molecule has 0 unspecified atom stereocenters. The summed E-state index contributed by atoms with van der Waals surface area (Å²) in [6.45, 7) is 2.58. The number of carbonyl (C=O) groups is 2. The number of nitrogens with zero attached hydrogens (tertiary/aromatic N) is 2. The highest BCUT2D eigenvalue weighted by Gasteiger charge is 2.17. The monoisotopic (exact) mass is 537 g/mol. The van der Waals surface area contributed by atoms with Gasteiger partial charge in [0.15, 0.2) is 23.0 Å². The van der Waals surface area contributed by atoms with Gasteiger partial charge in [0, 0.05) is 6.54 Å². The first-order valence-electron chi connectivity index (χ1n) is 12.2. The maximum Gasteiger partial charge on any atom is 0.354 e. The van der Waals surface area contributed by atoms with Crippen LogP contribution in [0.4, 0.5) is 0 Å². The topological polar surface area (TPSA) is 131 Å². The fourth-order valence-electron chi connectivity index (χ4n) is 3.55. The van der Waals surface area contributed by atoms with Gasteiger partial charge in [-0.1, -0.05) is 42.5 Å². The summed E-state index contributed by atoms with van der Waals surface area (Å²) in [5, 5.41) is 21.8. The molecule has 0 spiro atoms. The molecule has 3 rings (SSSR count). The molecule has 0 heterocycles. The van der Waals surface area contributed by atoms with E-state index in [1.54, 1.807) is 24.3 Å². The number of hydrogen-bond acceptors (Lipinski definition) is 8. The van der Waals surface area contributed by atoms with Gasteiger partial charge in [-0.25, -0.2) is 4.79 Å². The largest absolute Gasteiger partial charge is 0.493 e. The van der Waals surface area contributed by atoms with Crippen molar-refractivity contribution in [2.24, 2.45) is 0 Å². The number of methoxy groups -OCH3 is 2. The third-order valence-corrected chi connectivity index (χ3v) is 5.50. The Morgan fingerprint density at radius 1 is 0.800 bits per heavy atom. The van der Waals surface area contributed by atoms with Crippen molar-refractivity contribution in [3.8, 4) is 35.1 Å². The van der Waals surface area contributed by atoms with Gasteiger partial charge in [0.2, 0.25) is 0 Å². The molecule has 0 saturated carbocycles. The molecule has 0 aliphatic rings. The van der Waals surface area contributed by atoms with Crippen molar-refractivity contribution in [1.82, 2.24) is 5.32 Å². The highest BCUT2D eigenvalue weighted by molar-refractivity contribution is 6.02. The zero-order valence-electron chi connectivity index (χ0n) is 22.3. The number of hydrogen-bond donors (Lipinski definition) is 1. The molecule has 9 nitrogen and oxygen atoms in total. The van der Waals surface area contributed by atoms with E-state index in [2.05, 4.69) is 5.32 Å². The Balaban J connectivity index is 1.77. The third-order valence-electron chi connectivity index (χ3n) is 5.50. The van der Waals surface area contributed by atoms with Crippen molar-refractivity contribution in [2.45, 2.75) is 13.5 Å². The smallest absolute Gasteiger partial charge is 0.354 e. The minimum atomic E-state index is -0.894. The summed E-state index contributed by atoms with van der Waals surface area (Å²) in [7, 11) is 2.87. The zero-order valence-corrected chi connectivity index (χ0v) is 22.3. The first kappa shape index (κ1) is 29.0. The standard InChI is InChI=1S/C31H27N3O6/c1-4-39-26-12-10-23(16-28(26)37-2)15-25(19-33)31(36)40-27-13-11-22(17-29(27)38-3)14-24(18-32)30(35)34-20-21-8-6-5-7-9-21/h5-17H,4,20H2,1-3H3,(H,34,35)/b24-14+,25-15+. The Labute approximate surface area is 232 Å². The van der Waals surface area contributed by atoms with Crippen LogP contribution in [-0.4, -0.2) is 32.7 Å². The van der Waals surface area contributed by atoms with Crippen LogP contribution in [0.15, 0.2) is 77.9 Å². The SMILES string of the molecule is CCOc1ccc(/C=C(\C#N)C(=O)Oc2ccc(/C=C(\C#N)C(=O)NCc3ccccc3)cc2OC)cc1OC. The van der Waals surface area contributed by atoms with Crippen LogP contribution in [0.3, 0.4) is 0 Å². The predicted octanol–water partition coefficient (Wildman–Crippen LogP) is 4.84. The predicted molar refractivity (Wildman–Crippen MR) is 148 cm³/mol. The van der Waals surface area contributed by atoms with Gasteiger partial charge in [0.05, 0.1) is 20.8 Å². The van der Waals surface area contributed by atoms with E-state index in [0.29, 0.717) is 29.2 Å². The molecule has 0 saturated heterocycles. The molecule has 0 radical (unpaired) electrons. The van der Waals surface area contributed by atoms with E-state index >= 15 is 0 Å². The number of nitriles is 2. The minimum Gasteiger partial charge on any atom is -0.493 e. The van der Waals surface area contributed by atoms with Gasteiger partial charge in [-0.3, -0.25) is 4.79 Å². The van der Waals surface area contributed by atoms with Crippen molar-refractivity contribution in [3.05, 3.63) is 94.6 Å². The molecule has 0 aliphatic carbocycles. The van der Waals surface area contributed by atoms with Crippen molar-refractivity contribution in [2.75, 3.05) is 20.8 Å². The Bertz CT molecular complexity index is 1510. The quantitative estimate of drug-likeness (QED) is 0.159. The Morgan fingerprint density at radius 3 is 1.95 bits per heavy atom. The molecular weight excluding hydrogens is 510 g/mol. The molecule has 0 fully saturated rings. The van der Waals surface area contributed by atoms with Crippen LogP contribution in [0.1, 0.15) is 23.6 Å². The van der Waals surface area contributed by atoms with Crippen LogP contribution >= 0.6 is 0 Å². The average molecular weight is 538 g/mol. The van der Waals surface area contributed by atoms with E-state index in [1.165, 1.54) is 38.5 Å². The highest BCUT2D eigenvalue weighted by atomic mass is 16.6. The first-order chi connectivity index (χ1) is 19.4. The number of carbonyl (C=O) groups excluding carboxylic acids is 2. The Kier molecular flexibility index (Phi) is 10.5. The fraction of sp³-hybridized carbons (Fsp3) is 0.161. The normalized spacial score (nSPS) is 11.0. The molecule has 3 aromatic carbocycles. The molecule has 1 N–H and O–H groups in total. The minimum absolute atomic E-state index is 0.0575. The summed E-state index contributed by atoms with van der Waals surface area (Å²) in [5.41, 5.74) is 1.55. The van der Waals surface area contributed by atoms with Crippen molar-refractivity contribution in [1.29, 1.82) is 10.5 Å². The highest BCUT2D eigenvalue weighted by Crippen LogP contribution is 2.31. The second kappa shape index (κ2) is 14.4. The van der Waals surface area contributed by atoms with Crippen molar-refractivity contribution < 1.29 is 28.5 Å². The Morgan fingerprint density at radius 2 is 1.38 bits per heavy atom. The van der Waals surface area contributed by atoms with Crippen LogP contribution in [-0.2, 0) is 16.1 Å². The summed E-state index contributed by atoms with van der Waals surface area (Å²) < 4.78 is 21.6. The third kappa shape index (κ3) is 7.73. The molecule has 0 atom stereocenters. The molecule has 0 aromatic heterocycles. The van der Waals surface area contributed by atoms with Gasteiger partial charge in [-0.15, -0.1) is 0 Å². The lowest BCUT2D eigenvalue weighted by molar-refractivity contribution is -0.129. The second-order valence-electron chi connectivity index (χ2n) is 8.15. The fourth-order valence-corrected chi connectivity index (χ4v) is 3.55. The van der Waals surface area contributed by atoms with E-state index in [0.717, 1.165) is 5.56 Å². The van der Waals surface area contributed by atoms with Crippen LogP contribution in [0.2, 0.25) is 0 Å².